The summed E-state index contributed by atoms with van der Waals surface area (Å²) in [5.41, 5.74) is 6.20. The summed E-state index contributed by atoms with van der Waals surface area (Å²) in [7, 11) is 0. The van der Waals surface area contributed by atoms with E-state index in [1.165, 1.54) is 16.7 Å². The SMILES string of the molecule is C=C(CCCc1ccc(C)cc1)NCCCCC(NC(=C)CN1CCN(CC)CCN(CC)CCN(CC)CC1)C(=C)C. The van der Waals surface area contributed by atoms with E-state index < -0.39 is 0 Å². The van der Waals surface area contributed by atoms with Gasteiger partial charge in [0.1, 0.15) is 0 Å². The third-order valence-electron chi connectivity index (χ3n) is 9.02. The van der Waals surface area contributed by atoms with Gasteiger partial charge in [-0.25, -0.2) is 0 Å². The van der Waals surface area contributed by atoms with E-state index in [-0.39, 0.29) is 6.04 Å². The predicted octanol–water partition coefficient (Wildman–Crippen LogP) is 5.92. The molecule has 43 heavy (non-hydrogen) atoms. The van der Waals surface area contributed by atoms with Crippen LogP contribution in [-0.2, 0) is 6.42 Å². The normalized spacial score (nSPS) is 17.5. The van der Waals surface area contributed by atoms with Crippen molar-refractivity contribution in [1.82, 2.24) is 30.2 Å². The van der Waals surface area contributed by atoms with Gasteiger partial charge in [0.25, 0.3) is 0 Å². The van der Waals surface area contributed by atoms with Crippen LogP contribution in [0, 0.1) is 6.92 Å². The van der Waals surface area contributed by atoms with E-state index in [1.54, 1.807) is 0 Å². The molecule has 1 aromatic rings. The fourth-order valence-corrected chi connectivity index (χ4v) is 5.78. The third-order valence-corrected chi connectivity index (χ3v) is 9.02. The molecule has 0 aromatic heterocycles. The number of benzene rings is 1. The molecule has 1 aromatic carbocycles. The summed E-state index contributed by atoms with van der Waals surface area (Å²) in [6.45, 7) is 38.4. The highest BCUT2D eigenvalue weighted by atomic mass is 15.3. The molecule has 2 N–H and O–H groups in total. The first-order valence-electron chi connectivity index (χ1n) is 17.2. The molecule has 0 bridgehead atoms. The molecule has 1 aliphatic heterocycles. The maximum absolute atomic E-state index is 4.47. The third kappa shape index (κ3) is 16.0. The number of hydrogen-bond acceptors (Lipinski definition) is 6. The lowest BCUT2D eigenvalue weighted by Gasteiger charge is -2.34. The van der Waals surface area contributed by atoms with Crippen molar-refractivity contribution in [2.75, 3.05) is 85.1 Å². The molecule has 6 nitrogen and oxygen atoms in total. The van der Waals surface area contributed by atoms with Gasteiger partial charge in [-0.1, -0.05) is 75.9 Å². The highest BCUT2D eigenvalue weighted by Crippen LogP contribution is 2.12. The number of nitrogens with one attached hydrogen (secondary N) is 2. The van der Waals surface area contributed by atoms with Crippen molar-refractivity contribution in [1.29, 1.82) is 0 Å². The maximum atomic E-state index is 4.47. The summed E-state index contributed by atoms with van der Waals surface area (Å²) in [5, 5.41) is 7.31. The number of nitrogens with zero attached hydrogens (tertiary/aromatic N) is 4. The Hall–Kier alpha value is -2.12. The molecule has 1 unspecified atom stereocenters. The van der Waals surface area contributed by atoms with Crippen LogP contribution in [0.5, 0.6) is 0 Å². The van der Waals surface area contributed by atoms with Gasteiger partial charge >= 0.3 is 0 Å². The van der Waals surface area contributed by atoms with Gasteiger partial charge in [-0.05, 0) is 77.6 Å². The molecule has 0 radical (unpaired) electrons. The number of allylic oxidation sites excluding steroid dienone is 1. The predicted molar refractivity (Wildman–Crippen MR) is 189 cm³/mol. The van der Waals surface area contributed by atoms with E-state index in [9.17, 15) is 0 Å². The van der Waals surface area contributed by atoms with E-state index >= 15 is 0 Å². The van der Waals surface area contributed by atoms with Crippen LogP contribution in [0.1, 0.15) is 70.9 Å². The Morgan fingerprint density at radius 1 is 0.721 bits per heavy atom. The van der Waals surface area contributed by atoms with Crippen molar-refractivity contribution in [3.8, 4) is 0 Å². The van der Waals surface area contributed by atoms with Crippen LogP contribution in [0.3, 0.4) is 0 Å². The lowest BCUT2D eigenvalue weighted by molar-refractivity contribution is 0.143. The zero-order chi connectivity index (χ0) is 31.5. The summed E-state index contributed by atoms with van der Waals surface area (Å²) in [5.74, 6) is 0. The average Bonchev–Trinajstić information content (AvgIpc) is 2.99. The maximum Gasteiger partial charge on any atom is 0.0465 e. The van der Waals surface area contributed by atoms with Gasteiger partial charge in [-0.15, -0.1) is 0 Å². The van der Waals surface area contributed by atoms with Crippen LogP contribution in [0.25, 0.3) is 0 Å². The first kappa shape index (κ1) is 37.1. The Morgan fingerprint density at radius 3 is 1.72 bits per heavy atom. The largest absolute Gasteiger partial charge is 0.389 e. The van der Waals surface area contributed by atoms with Gasteiger partial charge < -0.3 is 25.3 Å². The molecule has 1 atom stereocenters. The summed E-state index contributed by atoms with van der Waals surface area (Å²) < 4.78 is 0. The van der Waals surface area contributed by atoms with Crippen molar-refractivity contribution < 1.29 is 0 Å². The Morgan fingerprint density at radius 2 is 1.23 bits per heavy atom. The van der Waals surface area contributed by atoms with Crippen LogP contribution in [0.15, 0.2) is 61.0 Å². The van der Waals surface area contributed by atoms with E-state index in [0.29, 0.717) is 0 Å². The van der Waals surface area contributed by atoms with Gasteiger partial charge in [-0.2, -0.15) is 0 Å². The van der Waals surface area contributed by atoms with Crippen LogP contribution in [0.4, 0.5) is 0 Å². The molecule has 244 valence electrons. The molecule has 0 saturated carbocycles. The molecule has 0 aliphatic carbocycles. The van der Waals surface area contributed by atoms with Gasteiger partial charge in [-0.3, -0.25) is 4.90 Å². The van der Waals surface area contributed by atoms with E-state index in [2.05, 4.69) is 109 Å². The topological polar surface area (TPSA) is 37.0 Å². The van der Waals surface area contributed by atoms with Crippen molar-refractivity contribution in [2.45, 2.75) is 79.2 Å². The second kappa shape index (κ2) is 21.6. The summed E-state index contributed by atoms with van der Waals surface area (Å²) in [4.78, 5) is 10.4. The van der Waals surface area contributed by atoms with E-state index in [1.807, 2.05) is 0 Å². The Bertz CT molecular complexity index is 906. The van der Waals surface area contributed by atoms with Gasteiger partial charge in [0, 0.05) is 82.9 Å². The molecule has 1 aliphatic rings. The zero-order valence-corrected chi connectivity index (χ0v) is 28.7. The lowest BCUT2D eigenvalue weighted by Crippen LogP contribution is -2.46. The standard InChI is InChI=1S/C37H66N6/c1-9-40-23-25-41(10-2)27-29-43(30-28-42(11-3)26-24-40)31-35(8)39-37(32(4)5)17-12-13-22-38-34(7)15-14-16-36-20-18-33(6)19-21-36/h18-21,37-39H,4,7-17,22-31H2,1-3,5-6H3. The molecule has 6 heteroatoms. The smallest absolute Gasteiger partial charge is 0.0465 e. The molecular weight excluding hydrogens is 528 g/mol. The number of aryl methyl sites for hydroxylation is 2. The van der Waals surface area contributed by atoms with Crippen molar-refractivity contribution in [3.05, 3.63) is 72.1 Å². The van der Waals surface area contributed by atoms with Crippen LogP contribution in [0.2, 0.25) is 0 Å². The van der Waals surface area contributed by atoms with Crippen LogP contribution >= 0.6 is 0 Å². The van der Waals surface area contributed by atoms with Crippen molar-refractivity contribution >= 4 is 0 Å². The summed E-state index contributed by atoms with van der Waals surface area (Å²) in [6.07, 6.45) is 6.65. The lowest BCUT2D eigenvalue weighted by atomic mass is 10.0. The zero-order valence-electron chi connectivity index (χ0n) is 28.7. The summed E-state index contributed by atoms with van der Waals surface area (Å²) >= 11 is 0. The first-order valence-corrected chi connectivity index (χ1v) is 17.2. The first-order chi connectivity index (χ1) is 20.7. The summed E-state index contributed by atoms with van der Waals surface area (Å²) in [6, 6.07) is 9.16. The molecule has 0 spiro atoms. The molecular formula is C37H66N6. The van der Waals surface area contributed by atoms with Crippen molar-refractivity contribution in [3.63, 3.8) is 0 Å². The monoisotopic (exact) mass is 595 g/mol. The second-order valence-electron chi connectivity index (χ2n) is 12.6. The highest BCUT2D eigenvalue weighted by molar-refractivity contribution is 5.21. The Balaban J connectivity index is 1.74. The van der Waals surface area contributed by atoms with Crippen LogP contribution < -0.4 is 10.6 Å². The number of rotatable bonds is 18. The van der Waals surface area contributed by atoms with E-state index in [0.717, 1.165) is 135 Å². The van der Waals surface area contributed by atoms with Gasteiger partial charge in [0.05, 0.1) is 0 Å². The average molecular weight is 595 g/mol. The Kier molecular flexibility index (Phi) is 18.6. The number of unbranched alkanes of at least 4 members (excludes halogenated alkanes) is 1. The molecule has 2 rings (SSSR count). The quantitative estimate of drug-likeness (QED) is 0.162. The molecule has 1 fully saturated rings. The van der Waals surface area contributed by atoms with Crippen LogP contribution in [-0.4, -0.2) is 111 Å². The van der Waals surface area contributed by atoms with E-state index in [4.69, 9.17) is 0 Å². The fraction of sp³-hybridized carbons (Fsp3) is 0.676. The fourth-order valence-electron chi connectivity index (χ4n) is 5.78. The van der Waals surface area contributed by atoms with Gasteiger partial charge in [0.2, 0.25) is 0 Å². The minimum absolute atomic E-state index is 0.275. The second-order valence-corrected chi connectivity index (χ2v) is 12.6. The molecule has 0 amide bonds. The molecule has 1 heterocycles. The highest BCUT2D eigenvalue weighted by Gasteiger charge is 2.17. The minimum Gasteiger partial charge on any atom is -0.389 e. The molecule has 1 saturated heterocycles. The minimum atomic E-state index is 0.275. The van der Waals surface area contributed by atoms with Crippen molar-refractivity contribution in [2.24, 2.45) is 0 Å². The van der Waals surface area contributed by atoms with Gasteiger partial charge in [0.15, 0.2) is 0 Å². The number of likely N-dealkylation sites (N-methyl/N-ethyl adjacent to an activating group) is 3. The Labute approximate surface area is 266 Å². The number of hydrogen-bond donors (Lipinski definition) is 2.